The van der Waals surface area contributed by atoms with Crippen LogP contribution in [0.25, 0.3) is 0 Å². The Labute approximate surface area is 85.0 Å². The molecule has 0 heterocycles. The SMILES string of the molecule is C[P+](=O)C1C=CC=CC1=C1C=CC=C1. The van der Waals surface area contributed by atoms with Crippen LogP contribution in [0.5, 0.6) is 0 Å². The third-order valence-corrected chi connectivity index (χ3v) is 3.62. The summed E-state index contributed by atoms with van der Waals surface area (Å²) >= 11 is 0. The summed E-state index contributed by atoms with van der Waals surface area (Å²) in [6, 6.07) is 0. The summed E-state index contributed by atoms with van der Waals surface area (Å²) in [5, 5.41) is 0. The van der Waals surface area contributed by atoms with E-state index in [1.165, 1.54) is 11.1 Å². The Balaban J connectivity index is 2.43. The van der Waals surface area contributed by atoms with Crippen molar-refractivity contribution in [1.29, 1.82) is 0 Å². The van der Waals surface area contributed by atoms with Crippen LogP contribution in [-0.4, -0.2) is 12.3 Å². The Kier molecular flexibility index (Phi) is 2.60. The van der Waals surface area contributed by atoms with E-state index in [2.05, 4.69) is 18.2 Å². The molecule has 1 nitrogen and oxygen atoms in total. The van der Waals surface area contributed by atoms with Gasteiger partial charge in [0.05, 0.1) is 0 Å². The van der Waals surface area contributed by atoms with Gasteiger partial charge in [0, 0.05) is 5.57 Å². The van der Waals surface area contributed by atoms with Gasteiger partial charge in [-0.25, -0.2) is 0 Å². The molecule has 2 rings (SSSR count). The molecular formula is C12H12OP+. The van der Waals surface area contributed by atoms with Crippen LogP contribution in [0.1, 0.15) is 0 Å². The van der Waals surface area contributed by atoms with Crippen LogP contribution in [0.2, 0.25) is 0 Å². The molecule has 0 aliphatic heterocycles. The number of hydrogen-bond acceptors (Lipinski definition) is 1. The normalized spacial score (nSPS) is 24.9. The minimum atomic E-state index is -1.19. The van der Waals surface area contributed by atoms with E-state index >= 15 is 0 Å². The highest BCUT2D eigenvalue weighted by atomic mass is 31.1. The van der Waals surface area contributed by atoms with Crippen molar-refractivity contribution in [3.05, 3.63) is 59.8 Å². The smallest absolute Gasteiger partial charge is 0.0741 e. The monoisotopic (exact) mass is 203 g/mol. The van der Waals surface area contributed by atoms with Gasteiger partial charge in [-0.1, -0.05) is 47.1 Å². The third kappa shape index (κ3) is 1.69. The lowest BCUT2D eigenvalue weighted by molar-refractivity contribution is 0.589. The molecule has 2 aliphatic carbocycles. The fourth-order valence-corrected chi connectivity index (χ4v) is 2.65. The average molecular weight is 203 g/mol. The van der Waals surface area contributed by atoms with Crippen molar-refractivity contribution < 1.29 is 4.57 Å². The molecule has 0 amide bonds. The molecule has 2 unspecified atom stereocenters. The maximum Gasteiger partial charge on any atom is 0.347 e. The van der Waals surface area contributed by atoms with Gasteiger partial charge in [0.25, 0.3) is 0 Å². The molecule has 2 atom stereocenters. The first-order valence-corrected chi connectivity index (χ1v) is 6.40. The maximum absolute atomic E-state index is 11.5. The van der Waals surface area contributed by atoms with Crippen molar-refractivity contribution in [3.8, 4) is 0 Å². The highest BCUT2D eigenvalue weighted by Gasteiger charge is 2.28. The second kappa shape index (κ2) is 3.89. The standard InChI is InChI=1S/C12H12OP/c1-14(13)12-9-5-4-8-11(12)10-6-2-3-7-10/h2-9,12H,1H3/q+1. The first-order chi connectivity index (χ1) is 6.79. The fourth-order valence-electron chi connectivity index (χ4n) is 1.68. The lowest BCUT2D eigenvalue weighted by Crippen LogP contribution is -2.05. The van der Waals surface area contributed by atoms with Crippen molar-refractivity contribution in [3.63, 3.8) is 0 Å². The summed E-state index contributed by atoms with van der Waals surface area (Å²) in [5.74, 6) is 0. The Morgan fingerprint density at radius 3 is 2.36 bits per heavy atom. The van der Waals surface area contributed by atoms with E-state index in [0.29, 0.717) is 0 Å². The zero-order chi connectivity index (χ0) is 9.97. The quantitative estimate of drug-likeness (QED) is 0.597. The molecule has 70 valence electrons. The van der Waals surface area contributed by atoms with Gasteiger partial charge in [0.15, 0.2) is 5.66 Å². The molecule has 0 spiro atoms. The van der Waals surface area contributed by atoms with Crippen molar-refractivity contribution in [2.45, 2.75) is 5.66 Å². The molecule has 0 saturated heterocycles. The first kappa shape index (κ1) is 9.36. The van der Waals surface area contributed by atoms with Gasteiger partial charge in [0.2, 0.25) is 0 Å². The van der Waals surface area contributed by atoms with Crippen LogP contribution in [0, 0.1) is 0 Å². The van der Waals surface area contributed by atoms with E-state index in [9.17, 15) is 4.57 Å². The van der Waals surface area contributed by atoms with Crippen molar-refractivity contribution >= 4 is 7.80 Å². The minimum absolute atomic E-state index is 0.0809. The number of rotatable bonds is 1. The van der Waals surface area contributed by atoms with Crippen LogP contribution in [-0.2, 0) is 4.57 Å². The minimum Gasteiger partial charge on any atom is -0.0741 e. The second-order valence-corrected chi connectivity index (χ2v) is 5.01. The maximum atomic E-state index is 11.5. The fraction of sp³-hybridized carbons (Fsp3) is 0.167. The third-order valence-electron chi connectivity index (χ3n) is 2.39. The van der Waals surface area contributed by atoms with Crippen molar-refractivity contribution in [2.75, 3.05) is 6.66 Å². The highest BCUT2D eigenvalue weighted by molar-refractivity contribution is 7.45. The van der Waals surface area contributed by atoms with Gasteiger partial charge in [-0.2, -0.15) is 0 Å². The Bertz CT molecular complexity index is 394. The second-order valence-electron chi connectivity index (χ2n) is 3.36. The molecule has 2 heteroatoms. The molecule has 2 aliphatic rings. The Morgan fingerprint density at radius 1 is 1.07 bits per heavy atom. The molecule has 0 N–H and O–H groups in total. The van der Waals surface area contributed by atoms with Gasteiger partial charge < -0.3 is 0 Å². The average Bonchev–Trinajstić information content (AvgIpc) is 2.70. The summed E-state index contributed by atoms with van der Waals surface area (Å²) in [6.07, 6.45) is 16.2. The number of allylic oxidation sites excluding steroid dienone is 10. The van der Waals surface area contributed by atoms with Gasteiger partial charge in [-0.15, -0.1) is 0 Å². The van der Waals surface area contributed by atoms with Crippen LogP contribution in [0.3, 0.4) is 0 Å². The summed E-state index contributed by atoms with van der Waals surface area (Å²) in [5.41, 5.74) is 2.43. The Morgan fingerprint density at radius 2 is 1.71 bits per heavy atom. The van der Waals surface area contributed by atoms with Crippen molar-refractivity contribution in [2.24, 2.45) is 0 Å². The van der Waals surface area contributed by atoms with Gasteiger partial charge in [-0.05, 0) is 11.6 Å². The molecule has 0 saturated carbocycles. The van der Waals surface area contributed by atoms with Crippen LogP contribution >= 0.6 is 7.80 Å². The first-order valence-electron chi connectivity index (χ1n) is 4.63. The molecule has 0 aromatic heterocycles. The largest absolute Gasteiger partial charge is 0.347 e. The molecule has 0 fully saturated rings. The zero-order valence-corrected chi connectivity index (χ0v) is 8.95. The lowest BCUT2D eigenvalue weighted by atomic mass is 10.0. The van der Waals surface area contributed by atoms with Gasteiger partial charge in [0.1, 0.15) is 6.66 Å². The predicted octanol–water partition coefficient (Wildman–Crippen LogP) is 3.36. The van der Waals surface area contributed by atoms with E-state index in [1.807, 2.05) is 30.4 Å². The molecular weight excluding hydrogens is 191 g/mol. The van der Waals surface area contributed by atoms with E-state index in [0.717, 1.165) is 0 Å². The lowest BCUT2D eigenvalue weighted by Gasteiger charge is -2.08. The highest BCUT2D eigenvalue weighted by Crippen LogP contribution is 2.35. The van der Waals surface area contributed by atoms with Crippen LogP contribution in [0.15, 0.2) is 59.8 Å². The molecule has 0 bridgehead atoms. The predicted molar refractivity (Wildman–Crippen MR) is 60.9 cm³/mol. The zero-order valence-electron chi connectivity index (χ0n) is 8.05. The van der Waals surface area contributed by atoms with E-state index < -0.39 is 7.80 Å². The summed E-state index contributed by atoms with van der Waals surface area (Å²) in [7, 11) is -1.19. The molecule has 14 heavy (non-hydrogen) atoms. The summed E-state index contributed by atoms with van der Waals surface area (Å²) in [4.78, 5) is 0. The van der Waals surface area contributed by atoms with Crippen molar-refractivity contribution in [1.82, 2.24) is 0 Å². The van der Waals surface area contributed by atoms with Crippen LogP contribution < -0.4 is 0 Å². The van der Waals surface area contributed by atoms with Gasteiger partial charge in [-0.3, -0.25) is 0 Å². The Hall–Kier alpha value is -1.20. The molecule has 0 radical (unpaired) electrons. The van der Waals surface area contributed by atoms with E-state index in [-0.39, 0.29) is 5.66 Å². The summed E-state index contributed by atoms with van der Waals surface area (Å²) < 4.78 is 11.5. The van der Waals surface area contributed by atoms with E-state index in [1.54, 1.807) is 6.66 Å². The van der Waals surface area contributed by atoms with Gasteiger partial charge >= 0.3 is 7.80 Å². The molecule has 0 aromatic rings. The molecule has 0 aromatic carbocycles. The van der Waals surface area contributed by atoms with Crippen LogP contribution in [0.4, 0.5) is 0 Å². The van der Waals surface area contributed by atoms with E-state index in [4.69, 9.17) is 0 Å². The summed E-state index contributed by atoms with van der Waals surface area (Å²) in [6.45, 7) is 1.78. The topological polar surface area (TPSA) is 17.1 Å². The number of hydrogen-bond donors (Lipinski definition) is 0.